The first-order chi connectivity index (χ1) is 10.2. The van der Waals surface area contributed by atoms with Gasteiger partial charge in [-0.3, -0.25) is 14.5 Å². The number of carboxylic acid groups (broad SMARTS) is 1. The molecule has 22 heavy (non-hydrogen) atoms. The van der Waals surface area contributed by atoms with E-state index in [1.165, 1.54) is 6.92 Å². The van der Waals surface area contributed by atoms with Crippen LogP contribution in [0.2, 0.25) is 5.02 Å². The van der Waals surface area contributed by atoms with E-state index in [9.17, 15) is 14.7 Å². The third kappa shape index (κ3) is 5.31. The summed E-state index contributed by atoms with van der Waals surface area (Å²) in [4.78, 5) is 24.1. The van der Waals surface area contributed by atoms with Crippen LogP contribution in [0.15, 0.2) is 12.1 Å². The van der Waals surface area contributed by atoms with Gasteiger partial charge in [0.2, 0.25) is 5.91 Å². The summed E-state index contributed by atoms with van der Waals surface area (Å²) in [6.07, 6.45) is 0. The number of carbonyl (C=O) groups is 2. The zero-order chi connectivity index (χ0) is 16.9. The highest BCUT2D eigenvalue weighted by Crippen LogP contribution is 2.22. The topological polar surface area (TPSA) is 69.6 Å². The third-order valence-electron chi connectivity index (χ3n) is 3.70. The Hall–Kier alpha value is -1.59. The average molecular weight is 327 g/mol. The summed E-state index contributed by atoms with van der Waals surface area (Å²) in [5.74, 6) is -1.01. The maximum Gasteiger partial charge on any atom is 0.320 e. The summed E-state index contributed by atoms with van der Waals surface area (Å²) in [5.41, 5.74) is 3.14. The van der Waals surface area contributed by atoms with Gasteiger partial charge in [0.05, 0.1) is 0 Å². The van der Waals surface area contributed by atoms with Crippen LogP contribution in [0.4, 0.5) is 0 Å². The van der Waals surface area contributed by atoms with Crippen molar-refractivity contribution in [2.45, 2.75) is 40.3 Å². The molecule has 0 saturated carbocycles. The molecule has 1 rings (SSSR count). The molecule has 1 aromatic carbocycles. The lowest BCUT2D eigenvalue weighted by Gasteiger charge is -2.28. The standard InChI is InChI=1S/C16H23ClN2O3/c1-10-7-14(17)8-11(2)15(10)9-19(12(3)16(21)22)6-5-18-13(4)20/h7-8,12H,5-6,9H2,1-4H3,(H,18,20)(H,21,22). The average Bonchev–Trinajstić information content (AvgIpc) is 2.39. The molecule has 5 nitrogen and oxygen atoms in total. The summed E-state index contributed by atoms with van der Waals surface area (Å²) < 4.78 is 0. The van der Waals surface area contributed by atoms with Crippen LogP contribution in [-0.4, -0.2) is 41.0 Å². The predicted octanol–water partition coefficient (Wildman–Crippen LogP) is 2.37. The van der Waals surface area contributed by atoms with Gasteiger partial charge in [0.1, 0.15) is 6.04 Å². The highest BCUT2D eigenvalue weighted by molar-refractivity contribution is 6.30. The molecule has 1 aromatic rings. The van der Waals surface area contributed by atoms with Gasteiger partial charge in [0.25, 0.3) is 0 Å². The largest absolute Gasteiger partial charge is 0.480 e. The Bertz CT molecular complexity index is 537. The number of hydrogen-bond donors (Lipinski definition) is 2. The molecule has 0 spiro atoms. The molecule has 0 saturated heterocycles. The van der Waals surface area contributed by atoms with Gasteiger partial charge in [-0.2, -0.15) is 0 Å². The van der Waals surface area contributed by atoms with Gasteiger partial charge in [-0.05, 0) is 49.6 Å². The van der Waals surface area contributed by atoms with Crippen LogP contribution in [0.5, 0.6) is 0 Å². The maximum atomic E-state index is 11.3. The van der Waals surface area contributed by atoms with E-state index in [-0.39, 0.29) is 5.91 Å². The molecule has 0 fully saturated rings. The van der Waals surface area contributed by atoms with Gasteiger partial charge >= 0.3 is 5.97 Å². The molecule has 0 aliphatic heterocycles. The fourth-order valence-corrected chi connectivity index (χ4v) is 2.66. The molecule has 0 aromatic heterocycles. The molecule has 1 amide bonds. The van der Waals surface area contributed by atoms with Crippen molar-refractivity contribution in [2.24, 2.45) is 0 Å². The van der Waals surface area contributed by atoms with Crippen molar-refractivity contribution in [3.05, 3.63) is 33.8 Å². The minimum Gasteiger partial charge on any atom is -0.480 e. The van der Waals surface area contributed by atoms with E-state index in [4.69, 9.17) is 11.6 Å². The Labute approximate surface area is 136 Å². The number of aliphatic carboxylic acids is 1. The lowest BCUT2D eigenvalue weighted by molar-refractivity contribution is -0.142. The third-order valence-corrected chi connectivity index (χ3v) is 3.92. The molecule has 6 heteroatoms. The number of aryl methyl sites for hydroxylation is 2. The predicted molar refractivity (Wildman–Crippen MR) is 87.1 cm³/mol. The van der Waals surface area contributed by atoms with Gasteiger partial charge in [0, 0.05) is 31.6 Å². The van der Waals surface area contributed by atoms with Crippen molar-refractivity contribution < 1.29 is 14.7 Å². The SMILES string of the molecule is CC(=O)NCCN(Cc1c(C)cc(Cl)cc1C)C(C)C(=O)O. The fraction of sp³-hybridized carbons (Fsp3) is 0.500. The van der Waals surface area contributed by atoms with Crippen LogP contribution >= 0.6 is 11.6 Å². The quantitative estimate of drug-likeness (QED) is 0.807. The Balaban J connectivity index is 2.92. The minimum atomic E-state index is -0.882. The molecule has 2 N–H and O–H groups in total. The lowest BCUT2D eigenvalue weighted by Crippen LogP contribution is -2.43. The van der Waals surface area contributed by atoms with E-state index in [2.05, 4.69) is 5.32 Å². The van der Waals surface area contributed by atoms with Gasteiger partial charge in [-0.25, -0.2) is 0 Å². The van der Waals surface area contributed by atoms with Gasteiger partial charge in [0.15, 0.2) is 0 Å². The second kappa shape index (κ2) is 8.15. The first-order valence-electron chi connectivity index (χ1n) is 7.19. The fourth-order valence-electron chi connectivity index (χ4n) is 2.33. The number of hydrogen-bond acceptors (Lipinski definition) is 3. The summed E-state index contributed by atoms with van der Waals surface area (Å²) in [6.45, 7) is 8.40. The van der Waals surface area contributed by atoms with Crippen LogP contribution in [0.1, 0.15) is 30.5 Å². The number of amides is 1. The Morgan fingerprint density at radius 2 is 1.86 bits per heavy atom. The summed E-state index contributed by atoms with van der Waals surface area (Å²) >= 11 is 6.04. The molecule has 0 bridgehead atoms. The van der Waals surface area contributed by atoms with Crippen LogP contribution in [-0.2, 0) is 16.1 Å². The molecular formula is C16H23ClN2O3. The first-order valence-corrected chi connectivity index (χ1v) is 7.57. The lowest BCUT2D eigenvalue weighted by atomic mass is 10.0. The number of halogens is 1. The summed E-state index contributed by atoms with van der Waals surface area (Å²) in [7, 11) is 0. The molecular weight excluding hydrogens is 304 g/mol. The van der Waals surface area contributed by atoms with E-state index in [0.29, 0.717) is 24.7 Å². The number of nitrogens with one attached hydrogen (secondary N) is 1. The molecule has 1 unspecified atom stereocenters. The number of benzene rings is 1. The number of carbonyl (C=O) groups excluding carboxylic acids is 1. The molecule has 1 atom stereocenters. The highest BCUT2D eigenvalue weighted by atomic mass is 35.5. The van der Waals surface area contributed by atoms with Crippen LogP contribution in [0.3, 0.4) is 0 Å². The molecule has 122 valence electrons. The first kappa shape index (κ1) is 18.5. The van der Waals surface area contributed by atoms with E-state index in [1.54, 1.807) is 6.92 Å². The van der Waals surface area contributed by atoms with Crippen molar-refractivity contribution >= 4 is 23.5 Å². The smallest absolute Gasteiger partial charge is 0.320 e. The zero-order valence-corrected chi connectivity index (χ0v) is 14.2. The molecule has 0 aliphatic carbocycles. The Morgan fingerprint density at radius 3 is 2.32 bits per heavy atom. The van der Waals surface area contributed by atoms with Gasteiger partial charge < -0.3 is 10.4 Å². The van der Waals surface area contributed by atoms with Crippen molar-refractivity contribution in [2.75, 3.05) is 13.1 Å². The van der Waals surface area contributed by atoms with Crippen LogP contribution in [0.25, 0.3) is 0 Å². The van der Waals surface area contributed by atoms with Crippen LogP contribution in [0, 0.1) is 13.8 Å². The molecule has 0 radical (unpaired) electrons. The summed E-state index contributed by atoms with van der Waals surface area (Å²) in [5, 5.41) is 12.6. The number of rotatable bonds is 7. The van der Waals surface area contributed by atoms with Crippen LogP contribution < -0.4 is 5.32 Å². The normalized spacial score (nSPS) is 12.3. The van der Waals surface area contributed by atoms with Crippen molar-refractivity contribution in [3.8, 4) is 0 Å². The van der Waals surface area contributed by atoms with E-state index in [1.807, 2.05) is 30.9 Å². The second-order valence-electron chi connectivity index (χ2n) is 5.49. The van der Waals surface area contributed by atoms with E-state index < -0.39 is 12.0 Å². The second-order valence-corrected chi connectivity index (χ2v) is 5.92. The van der Waals surface area contributed by atoms with E-state index >= 15 is 0 Å². The molecule has 0 heterocycles. The van der Waals surface area contributed by atoms with Crippen molar-refractivity contribution in [1.82, 2.24) is 10.2 Å². The van der Waals surface area contributed by atoms with Gasteiger partial charge in [-0.1, -0.05) is 11.6 Å². The number of nitrogens with zero attached hydrogens (tertiary/aromatic N) is 1. The highest BCUT2D eigenvalue weighted by Gasteiger charge is 2.22. The minimum absolute atomic E-state index is 0.123. The van der Waals surface area contributed by atoms with Gasteiger partial charge in [-0.15, -0.1) is 0 Å². The van der Waals surface area contributed by atoms with Crippen molar-refractivity contribution in [1.29, 1.82) is 0 Å². The van der Waals surface area contributed by atoms with E-state index in [0.717, 1.165) is 16.7 Å². The number of carboxylic acids is 1. The Kier molecular flexibility index (Phi) is 6.84. The zero-order valence-electron chi connectivity index (χ0n) is 13.4. The van der Waals surface area contributed by atoms with Crippen molar-refractivity contribution in [3.63, 3.8) is 0 Å². The maximum absolute atomic E-state index is 11.3. The summed E-state index contributed by atoms with van der Waals surface area (Å²) in [6, 6.07) is 3.12. The Morgan fingerprint density at radius 1 is 1.32 bits per heavy atom. The molecule has 0 aliphatic rings. The monoisotopic (exact) mass is 326 g/mol.